The molecule has 0 aromatic carbocycles. The van der Waals surface area contributed by atoms with E-state index in [4.69, 9.17) is 7.05 Å². The van der Waals surface area contributed by atoms with E-state index in [1.165, 1.54) is 0 Å². The molecule has 1 rings (SSSR count). The van der Waals surface area contributed by atoms with E-state index in [1.54, 1.807) is 0 Å². The maximum absolute atomic E-state index is 10.4. The van der Waals surface area contributed by atoms with Gasteiger partial charge in [0.25, 0.3) is 0 Å². The number of carbonyl (C=O) groups excluding carboxylic acids is 2. The lowest BCUT2D eigenvalue weighted by Gasteiger charge is -2.00. The van der Waals surface area contributed by atoms with Gasteiger partial charge in [0.15, 0.2) is 0 Å². The Kier molecular flexibility index (Phi) is 1.04. The standard InChI is InChI=1S/C5H5NO2/c1-6-4(7)2-3-5(6)8/h1H,2-3H2. The van der Waals surface area contributed by atoms with Crippen molar-refractivity contribution in [2.24, 2.45) is 0 Å². The SMILES string of the molecule is [CH]N1C(=O)CCC1=O. The van der Waals surface area contributed by atoms with Crippen molar-refractivity contribution < 1.29 is 9.59 Å². The van der Waals surface area contributed by atoms with Gasteiger partial charge in [-0.25, -0.2) is 0 Å². The second-order valence-electron chi connectivity index (χ2n) is 1.66. The summed E-state index contributed by atoms with van der Waals surface area (Å²) in [7, 11) is 4.96. The van der Waals surface area contributed by atoms with Gasteiger partial charge in [0.1, 0.15) is 0 Å². The third-order valence-electron chi connectivity index (χ3n) is 1.09. The van der Waals surface area contributed by atoms with Crippen molar-refractivity contribution in [1.82, 2.24) is 4.90 Å². The normalized spacial score (nSPS) is 20.4. The van der Waals surface area contributed by atoms with Crippen LogP contribution in [0.3, 0.4) is 0 Å². The van der Waals surface area contributed by atoms with Crippen LogP contribution in [0.1, 0.15) is 12.8 Å². The predicted molar refractivity (Wildman–Crippen MR) is 25.4 cm³/mol. The number of amides is 2. The van der Waals surface area contributed by atoms with Crippen molar-refractivity contribution in [2.45, 2.75) is 12.8 Å². The number of hydrogen-bond acceptors (Lipinski definition) is 2. The Morgan fingerprint density at radius 3 is 1.75 bits per heavy atom. The van der Waals surface area contributed by atoms with E-state index in [1.807, 2.05) is 0 Å². The molecule has 2 amide bonds. The Morgan fingerprint density at radius 1 is 1.25 bits per heavy atom. The van der Waals surface area contributed by atoms with E-state index in [9.17, 15) is 9.59 Å². The lowest BCUT2D eigenvalue weighted by Crippen LogP contribution is -2.20. The average Bonchev–Trinajstić information content (AvgIpc) is 1.98. The molecule has 0 spiro atoms. The van der Waals surface area contributed by atoms with Crippen LogP contribution < -0.4 is 0 Å². The Morgan fingerprint density at radius 2 is 1.62 bits per heavy atom. The Labute approximate surface area is 47.3 Å². The Bertz CT molecular complexity index is 125. The highest BCUT2D eigenvalue weighted by molar-refractivity contribution is 6.02. The first-order valence-electron chi connectivity index (χ1n) is 2.32. The van der Waals surface area contributed by atoms with Crippen LogP contribution in [0.4, 0.5) is 0 Å². The average molecular weight is 111 g/mol. The van der Waals surface area contributed by atoms with E-state index >= 15 is 0 Å². The quantitative estimate of drug-likeness (QED) is 0.406. The molecule has 0 unspecified atom stereocenters. The fourth-order valence-electron chi connectivity index (χ4n) is 0.594. The molecule has 0 bridgehead atoms. The van der Waals surface area contributed by atoms with Crippen molar-refractivity contribution in [2.75, 3.05) is 0 Å². The van der Waals surface area contributed by atoms with Gasteiger partial charge in [-0.05, 0) is 0 Å². The number of carbonyl (C=O) groups is 2. The lowest BCUT2D eigenvalue weighted by atomic mass is 10.4. The van der Waals surface area contributed by atoms with E-state index in [2.05, 4.69) is 0 Å². The van der Waals surface area contributed by atoms with Crippen LogP contribution in [-0.4, -0.2) is 16.7 Å². The molecule has 1 aliphatic rings. The third-order valence-corrected chi connectivity index (χ3v) is 1.09. The highest BCUT2D eigenvalue weighted by Crippen LogP contribution is 2.08. The molecule has 3 nitrogen and oxygen atoms in total. The first kappa shape index (κ1) is 5.28. The molecule has 0 saturated carbocycles. The predicted octanol–water partition coefficient (Wildman–Crippen LogP) is -0.196. The molecule has 1 saturated heterocycles. The van der Waals surface area contributed by atoms with Crippen LogP contribution >= 0.6 is 0 Å². The van der Waals surface area contributed by atoms with Gasteiger partial charge in [-0.2, -0.15) is 0 Å². The van der Waals surface area contributed by atoms with Crippen LogP contribution in [0, 0.1) is 7.05 Å². The topological polar surface area (TPSA) is 37.4 Å². The summed E-state index contributed by atoms with van der Waals surface area (Å²) in [5.74, 6) is -0.565. The number of imide groups is 1. The second-order valence-corrected chi connectivity index (χ2v) is 1.66. The molecular weight excluding hydrogens is 106 g/mol. The third kappa shape index (κ3) is 0.598. The summed E-state index contributed by atoms with van der Waals surface area (Å²) in [6, 6.07) is 0. The highest BCUT2D eigenvalue weighted by atomic mass is 16.2. The van der Waals surface area contributed by atoms with Crippen LogP contribution in [-0.2, 0) is 9.59 Å². The molecule has 1 aliphatic heterocycles. The lowest BCUT2D eigenvalue weighted by molar-refractivity contribution is -0.135. The van der Waals surface area contributed by atoms with E-state index in [0.717, 1.165) is 0 Å². The van der Waals surface area contributed by atoms with Gasteiger partial charge < -0.3 is 0 Å². The molecule has 8 heavy (non-hydrogen) atoms. The van der Waals surface area contributed by atoms with E-state index in [-0.39, 0.29) is 24.7 Å². The molecule has 1 heterocycles. The Hall–Kier alpha value is -0.860. The Balaban J connectivity index is 2.70. The summed E-state index contributed by atoms with van der Waals surface area (Å²) in [4.78, 5) is 21.4. The smallest absolute Gasteiger partial charge is 0.230 e. The maximum atomic E-state index is 10.4. The van der Waals surface area contributed by atoms with Gasteiger partial charge >= 0.3 is 0 Å². The van der Waals surface area contributed by atoms with Gasteiger partial charge in [-0.1, -0.05) is 0 Å². The minimum atomic E-state index is -0.282. The molecule has 0 aromatic rings. The summed E-state index contributed by atoms with van der Waals surface area (Å²) in [6.45, 7) is 0. The van der Waals surface area contributed by atoms with Crippen LogP contribution in [0.25, 0.3) is 0 Å². The minimum Gasteiger partial charge on any atom is -0.275 e. The molecule has 0 aliphatic carbocycles. The summed E-state index contributed by atoms with van der Waals surface area (Å²) < 4.78 is 0. The summed E-state index contributed by atoms with van der Waals surface area (Å²) in [6.07, 6.45) is 0.546. The van der Waals surface area contributed by atoms with Gasteiger partial charge in [0, 0.05) is 12.8 Å². The summed E-state index contributed by atoms with van der Waals surface area (Å²) in [5, 5.41) is 0. The molecule has 1 fully saturated rings. The number of nitrogens with zero attached hydrogens (tertiary/aromatic N) is 1. The molecule has 42 valence electrons. The van der Waals surface area contributed by atoms with Crippen molar-refractivity contribution >= 4 is 11.8 Å². The highest BCUT2D eigenvalue weighted by Gasteiger charge is 2.24. The van der Waals surface area contributed by atoms with E-state index in [0.29, 0.717) is 4.90 Å². The van der Waals surface area contributed by atoms with Crippen LogP contribution in [0.5, 0.6) is 0 Å². The van der Waals surface area contributed by atoms with Gasteiger partial charge in [0.2, 0.25) is 11.8 Å². The monoisotopic (exact) mass is 111 g/mol. The zero-order chi connectivity index (χ0) is 6.15. The van der Waals surface area contributed by atoms with Crippen LogP contribution in [0.15, 0.2) is 0 Å². The first-order valence-corrected chi connectivity index (χ1v) is 2.32. The first-order chi connectivity index (χ1) is 3.72. The van der Waals surface area contributed by atoms with Gasteiger partial charge in [-0.15, -0.1) is 0 Å². The molecule has 2 radical (unpaired) electrons. The molecule has 3 heteroatoms. The fourth-order valence-corrected chi connectivity index (χ4v) is 0.594. The number of hydrogen-bond donors (Lipinski definition) is 0. The van der Waals surface area contributed by atoms with Gasteiger partial charge in [-0.3, -0.25) is 14.5 Å². The molecule has 0 N–H and O–H groups in total. The number of rotatable bonds is 0. The van der Waals surface area contributed by atoms with Crippen molar-refractivity contribution in [1.29, 1.82) is 0 Å². The van der Waals surface area contributed by atoms with Gasteiger partial charge in [0.05, 0.1) is 7.05 Å². The van der Waals surface area contributed by atoms with Crippen molar-refractivity contribution in [3.05, 3.63) is 7.05 Å². The molecule has 0 atom stereocenters. The maximum Gasteiger partial charge on any atom is 0.230 e. The van der Waals surface area contributed by atoms with Crippen LogP contribution in [0.2, 0.25) is 0 Å². The zero-order valence-corrected chi connectivity index (χ0v) is 4.26. The summed E-state index contributed by atoms with van der Waals surface area (Å²) in [5.41, 5.74) is 0. The second kappa shape index (κ2) is 1.58. The van der Waals surface area contributed by atoms with E-state index < -0.39 is 0 Å². The fraction of sp³-hybridized carbons (Fsp3) is 0.400. The molecular formula is C5H5NO2. The largest absolute Gasteiger partial charge is 0.275 e. The van der Waals surface area contributed by atoms with Crippen molar-refractivity contribution in [3.63, 3.8) is 0 Å². The number of likely N-dealkylation sites (tertiary alicyclic amines) is 1. The molecule has 0 aromatic heterocycles. The zero-order valence-electron chi connectivity index (χ0n) is 4.26. The minimum absolute atomic E-state index is 0.273. The summed E-state index contributed by atoms with van der Waals surface area (Å²) >= 11 is 0. The van der Waals surface area contributed by atoms with Crippen molar-refractivity contribution in [3.8, 4) is 0 Å².